The zero-order valence-electron chi connectivity index (χ0n) is 14.0. The van der Waals surface area contributed by atoms with Crippen LogP contribution in [0.2, 0.25) is 0 Å². The smallest absolute Gasteiger partial charge is 0.244 e. The first kappa shape index (κ1) is 17.1. The second kappa shape index (κ2) is 7.85. The standard InChI is InChI=1S/C17H25N3O3/c1-13(18-14(2)21)17(22)20-10-4-9-19(11-12-20)15-5-7-16(23-3)8-6-15/h5-8,13H,4,9-12H2,1-3H3,(H,18,21). The number of hydrogen-bond acceptors (Lipinski definition) is 4. The quantitative estimate of drug-likeness (QED) is 0.907. The van der Waals surface area contributed by atoms with Crippen LogP contribution in [0.1, 0.15) is 20.3 Å². The summed E-state index contributed by atoms with van der Waals surface area (Å²) in [6.07, 6.45) is 0.907. The normalized spacial score (nSPS) is 16.5. The first-order valence-electron chi connectivity index (χ1n) is 7.96. The highest BCUT2D eigenvalue weighted by Gasteiger charge is 2.23. The lowest BCUT2D eigenvalue weighted by atomic mass is 10.2. The Kier molecular flexibility index (Phi) is 5.84. The minimum atomic E-state index is -0.472. The molecule has 1 atom stereocenters. The van der Waals surface area contributed by atoms with Crippen LogP contribution >= 0.6 is 0 Å². The van der Waals surface area contributed by atoms with Crippen LogP contribution in [-0.2, 0) is 9.59 Å². The van der Waals surface area contributed by atoms with Crippen molar-refractivity contribution in [3.63, 3.8) is 0 Å². The second-order valence-electron chi connectivity index (χ2n) is 5.79. The number of amides is 2. The van der Waals surface area contributed by atoms with Gasteiger partial charge in [0.05, 0.1) is 7.11 Å². The Labute approximate surface area is 137 Å². The number of hydrogen-bond donors (Lipinski definition) is 1. The molecule has 0 saturated carbocycles. The van der Waals surface area contributed by atoms with Crippen LogP contribution in [0.4, 0.5) is 5.69 Å². The first-order valence-corrected chi connectivity index (χ1v) is 7.96. The number of anilines is 1. The van der Waals surface area contributed by atoms with Crippen LogP contribution in [0.25, 0.3) is 0 Å². The van der Waals surface area contributed by atoms with E-state index in [9.17, 15) is 9.59 Å². The maximum atomic E-state index is 12.4. The van der Waals surface area contributed by atoms with E-state index in [2.05, 4.69) is 10.2 Å². The van der Waals surface area contributed by atoms with Gasteiger partial charge >= 0.3 is 0 Å². The number of carbonyl (C=O) groups excluding carboxylic acids is 2. The maximum absolute atomic E-state index is 12.4. The highest BCUT2D eigenvalue weighted by molar-refractivity contribution is 5.86. The van der Waals surface area contributed by atoms with Gasteiger partial charge < -0.3 is 19.9 Å². The highest BCUT2D eigenvalue weighted by Crippen LogP contribution is 2.20. The topological polar surface area (TPSA) is 61.9 Å². The lowest BCUT2D eigenvalue weighted by molar-refractivity contribution is -0.135. The van der Waals surface area contributed by atoms with E-state index in [-0.39, 0.29) is 11.8 Å². The summed E-state index contributed by atoms with van der Waals surface area (Å²) < 4.78 is 5.18. The fraction of sp³-hybridized carbons (Fsp3) is 0.529. The van der Waals surface area contributed by atoms with Gasteiger partial charge in [-0.3, -0.25) is 9.59 Å². The molecule has 1 aliphatic heterocycles. The minimum absolute atomic E-state index is 0.0169. The van der Waals surface area contributed by atoms with E-state index in [1.54, 1.807) is 14.0 Å². The molecule has 0 spiro atoms. The Balaban J connectivity index is 1.95. The molecule has 23 heavy (non-hydrogen) atoms. The van der Waals surface area contributed by atoms with Gasteiger partial charge in [-0.2, -0.15) is 0 Å². The molecule has 1 fully saturated rings. The highest BCUT2D eigenvalue weighted by atomic mass is 16.5. The lowest BCUT2D eigenvalue weighted by Gasteiger charge is -2.25. The second-order valence-corrected chi connectivity index (χ2v) is 5.79. The summed E-state index contributed by atoms with van der Waals surface area (Å²) in [7, 11) is 1.65. The van der Waals surface area contributed by atoms with Gasteiger partial charge in [0.1, 0.15) is 11.8 Å². The van der Waals surface area contributed by atoms with Crippen LogP contribution in [-0.4, -0.2) is 56.0 Å². The summed E-state index contributed by atoms with van der Waals surface area (Å²) in [5.41, 5.74) is 1.13. The fourth-order valence-corrected chi connectivity index (χ4v) is 2.83. The van der Waals surface area contributed by atoms with Crippen molar-refractivity contribution in [3.8, 4) is 5.75 Å². The van der Waals surface area contributed by atoms with Crippen molar-refractivity contribution in [1.82, 2.24) is 10.2 Å². The number of rotatable bonds is 4. The monoisotopic (exact) mass is 319 g/mol. The Morgan fingerprint density at radius 2 is 1.83 bits per heavy atom. The van der Waals surface area contributed by atoms with Gasteiger partial charge in [0.15, 0.2) is 0 Å². The molecule has 2 amide bonds. The van der Waals surface area contributed by atoms with E-state index in [1.807, 2.05) is 29.2 Å². The Morgan fingerprint density at radius 1 is 1.13 bits per heavy atom. The average Bonchev–Trinajstić information content (AvgIpc) is 2.79. The van der Waals surface area contributed by atoms with Crippen LogP contribution in [0.5, 0.6) is 5.75 Å². The van der Waals surface area contributed by atoms with Crippen LogP contribution < -0.4 is 15.0 Å². The van der Waals surface area contributed by atoms with Crippen molar-refractivity contribution in [3.05, 3.63) is 24.3 Å². The van der Waals surface area contributed by atoms with Crippen LogP contribution in [0, 0.1) is 0 Å². The molecule has 126 valence electrons. The molecule has 0 radical (unpaired) electrons. The van der Waals surface area contributed by atoms with E-state index in [0.29, 0.717) is 6.54 Å². The number of nitrogens with one attached hydrogen (secondary N) is 1. The SMILES string of the molecule is COc1ccc(N2CCCN(C(=O)C(C)NC(C)=O)CC2)cc1. The first-order chi connectivity index (χ1) is 11.0. The summed E-state index contributed by atoms with van der Waals surface area (Å²) in [4.78, 5) is 27.6. The predicted molar refractivity (Wildman–Crippen MR) is 89.7 cm³/mol. The minimum Gasteiger partial charge on any atom is -0.497 e. The van der Waals surface area contributed by atoms with E-state index < -0.39 is 6.04 Å². The molecule has 2 rings (SSSR count). The van der Waals surface area contributed by atoms with Gasteiger partial charge in [0, 0.05) is 38.8 Å². The number of nitrogens with zero attached hydrogens (tertiary/aromatic N) is 2. The molecule has 6 heteroatoms. The summed E-state index contributed by atoms with van der Waals surface area (Å²) in [6.45, 7) is 6.23. The summed E-state index contributed by atoms with van der Waals surface area (Å²) >= 11 is 0. The molecule has 0 aliphatic carbocycles. The fourth-order valence-electron chi connectivity index (χ4n) is 2.83. The van der Waals surface area contributed by atoms with Crippen molar-refractivity contribution in [2.75, 3.05) is 38.2 Å². The molecule has 1 unspecified atom stereocenters. The van der Waals surface area contributed by atoms with Crippen molar-refractivity contribution < 1.29 is 14.3 Å². The molecule has 0 aromatic heterocycles. The van der Waals surface area contributed by atoms with Gasteiger partial charge in [0.25, 0.3) is 0 Å². The van der Waals surface area contributed by atoms with Crippen molar-refractivity contribution in [2.45, 2.75) is 26.3 Å². The molecule has 6 nitrogen and oxygen atoms in total. The number of methoxy groups -OCH3 is 1. The van der Waals surface area contributed by atoms with E-state index in [4.69, 9.17) is 4.74 Å². The molecule has 0 bridgehead atoms. The van der Waals surface area contributed by atoms with E-state index in [0.717, 1.165) is 37.5 Å². The van der Waals surface area contributed by atoms with Gasteiger partial charge in [-0.25, -0.2) is 0 Å². The average molecular weight is 319 g/mol. The molecule has 1 aromatic rings. The van der Waals surface area contributed by atoms with E-state index >= 15 is 0 Å². The number of carbonyl (C=O) groups is 2. The van der Waals surface area contributed by atoms with Crippen LogP contribution in [0.15, 0.2) is 24.3 Å². The van der Waals surface area contributed by atoms with Gasteiger partial charge in [-0.05, 0) is 37.6 Å². The van der Waals surface area contributed by atoms with Crippen molar-refractivity contribution >= 4 is 17.5 Å². The third kappa shape index (κ3) is 4.61. The maximum Gasteiger partial charge on any atom is 0.244 e. The summed E-state index contributed by atoms with van der Waals surface area (Å²) in [6, 6.07) is 7.50. The van der Waals surface area contributed by atoms with Crippen molar-refractivity contribution in [1.29, 1.82) is 0 Å². The molecule has 1 saturated heterocycles. The Hall–Kier alpha value is -2.24. The zero-order chi connectivity index (χ0) is 16.8. The Bertz CT molecular complexity index is 545. The summed E-state index contributed by atoms with van der Waals surface area (Å²) in [5, 5.41) is 2.66. The summed E-state index contributed by atoms with van der Waals surface area (Å²) in [5.74, 6) is 0.641. The lowest BCUT2D eigenvalue weighted by Crippen LogP contribution is -2.47. The predicted octanol–water partition coefficient (Wildman–Crippen LogP) is 1.26. The van der Waals surface area contributed by atoms with Crippen molar-refractivity contribution in [2.24, 2.45) is 0 Å². The van der Waals surface area contributed by atoms with E-state index in [1.165, 1.54) is 6.92 Å². The Morgan fingerprint density at radius 3 is 2.43 bits per heavy atom. The third-order valence-electron chi connectivity index (χ3n) is 4.04. The third-order valence-corrected chi connectivity index (χ3v) is 4.04. The molecule has 1 heterocycles. The van der Waals surface area contributed by atoms with Gasteiger partial charge in [0.2, 0.25) is 11.8 Å². The zero-order valence-corrected chi connectivity index (χ0v) is 14.0. The molecule has 1 aromatic carbocycles. The van der Waals surface area contributed by atoms with Crippen LogP contribution in [0.3, 0.4) is 0 Å². The molecular weight excluding hydrogens is 294 g/mol. The molecule has 1 aliphatic rings. The van der Waals surface area contributed by atoms with Gasteiger partial charge in [-0.15, -0.1) is 0 Å². The van der Waals surface area contributed by atoms with Gasteiger partial charge in [-0.1, -0.05) is 0 Å². The molecular formula is C17H25N3O3. The number of benzene rings is 1. The molecule has 1 N–H and O–H groups in total. The number of ether oxygens (including phenoxy) is 1. The largest absolute Gasteiger partial charge is 0.497 e.